The molecule has 2 fully saturated rings. The third kappa shape index (κ3) is 7.92. The SMILES string of the molecule is C1CCC([NH2+]C2CCCCC2)CC1.Cc1ccc(S(=O)(=O)N2CCC(F)(F)/C(=C\C(=O)[O-])c3cc(F)ccc32)cc1. The summed E-state index contributed by atoms with van der Waals surface area (Å²) in [6.07, 6.45) is 14.2. The molecule has 10 heteroatoms. The Hall–Kier alpha value is -2.85. The predicted octanol–water partition coefficient (Wildman–Crippen LogP) is 4.72. The zero-order valence-electron chi connectivity index (χ0n) is 23.5. The molecule has 2 aromatic carbocycles. The van der Waals surface area contributed by atoms with Gasteiger partial charge < -0.3 is 15.2 Å². The Kier molecular flexibility index (Phi) is 10.2. The fraction of sp³-hybridized carbons (Fsp3) is 0.516. The van der Waals surface area contributed by atoms with Crippen molar-refractivity contribution >= 4 is 27.3 Å². The van der Waals surface area contributed by atoms with Crippen LogP contribution < -0.4 is 14.7 Å². The molecule has 0 saturated heterocycles. The van der Waals surface area contributed by atoms with Crippen LogP contribution in [0.15, 0.2) is 53.4 Å². The highest BCUT2D eigenvalue weighted by Gasteiger charge is 2.42. The summed E-state index contributed by atoms with van der Waals surface area (Å²) in [4.78, 5) is 10.8. The maximum Gasteiger partial charge on any atom is 0.275 e. The zero-order chi connectivity index (χ0) is 29.6. The van der Waals surface area contributed by atoms with Crippen molar-refractivity contribution in [1.29, 1.82) is 0 Å². The molecule has 0 radical (unpaired) electrons. The molecule has 6 nitrogen and oxygen atoms in total. The number of halogens is 3. The minimum Gasteiger partial charge on any atom is -0.545 e. The van der Waals surface area contributed by atoms with E-state index in [2.05, 4.69) is 5.32 Å². The Morgan fingerprint density at radius 2 is 1.51 bits per heavy atom. The van der Waals surface area contributed by atoms with Crippen LogP contribution in [0, 0.1) is 12.7 Å². The van der Waals surface area contributed by atoms with Crippen molar-refractivity contribution in [3.63, 3.8) is 0 Å². The predicted molar refractivity (Wildman–Crippen MR) is 150 cm³/mol. The third-order valence-corrected chi connectivity index (χ3v) is 10.1. The number of sulfonamides is 1. The highest BCUT2D eigenvalue weighted by Crippen LogP contribution is 2.44. The molecular formula is C31H39F3N2O4S. The number of nitrogens with zero attached hydrogens (tertiary/aromatic N) is 1. The number of hydrogen-bond donors (Lipinski definition) is 1. The highest BCUT2D eigenvalue weighted by atomic mass is 32.2. The van der Waals surface area contributed by atoms with E-state index in [1.54, 1.807) is 19.1 Å². The van der Waals surface area contributed by atoms with Crippen LogP contribution in [0.5, 0.6) is 0 Å². The van der Waals surface area contributed by atoms with E-state index in [9.17, 15) is 31.5 Å². The molecule has 0 bridgehead atoms. The first-order valence-electron chi connectivity index (χ1n) is 14.5. The molecule has 0 spiro atoms. The summed E-state index contributed by atoms with van der Waals surface area (Å²) in [6.45, 7) is 1.14. The second-order valence-corrected chi connectivity index (χ2v) is 13.2. The van der Waals surface area contributed by atoms with Crippen molar-refractivity contribution in [3.05, 3.63) is 65.5 Å². The standard InChI is InChI=1S/C19H16F3NO4S.C12H23N/c1-12-2-5-14(6-3-12)28(26,27)23-9-8-19(21,22)16(11-18(24)25)15-10-13(20)4-7-17(15)23;1-3-7-11(8-4-1)13-12-9-5-2-6-10-12/h2-7,10-11H,8-9H2,1H3,(H,24,25);11-13H,1-10H2/b16-11-;. The smallest absolute Gasteiger partial charge is 0.275 e. The van der Waals surface area contributed by atoms with Crippen LogP contribution in [0.25, 0.3) is 5.57 Å². The molecule has 0 atom stereocenters. The summed E-state index contributed by atoms with van der Waals surface area (Å²) in [5, 5.41) is 13.7. The number of fused-ring (bicyclic) bond motifs is 1. The largest absolute Gasteiger partial charge is 0.545 e. The number of alkyl halides is 2. The lowest BCUT2D eigenvalue weighted by atomic mass is 9.91. The van der Waals surface area contributed by atoms with Gasteiger partial charge in [-0.25, -0.2) is 21.6 Å². The number of allylic oxidation sites excluding steroid dienone is 1. The minimum absolute atomic E-state index is 0.121. The van der Waals surface area contributed by atoms with Crippen LogP contribution in [0.4, 0.5) is 18.9 Å². The molecule has 2 saturated carbocycles. The Balaban J connectivity index is 0.000000247. The summed E-state index contributed by atoms with van der Waals surface area (Å²) in [7, 11) is -4.24. The number of aliphatic carboxylic acids is 1. The van der Waals surface area contributed by atoms with Gasteiger partial charge >= 0.3 is 0 Å². The average Bonchev–Trinajstić information content (AvgIpc) is 3.04. The van der Waals surface area contributed by atoms with E-state index in [1.807, 2.05) is 0 Å². The van der Waals surface area contributed by atoms with Gasteiger partial charge in [-0.1, -0.05) is 30.5 Å². The van der Waals surface area contributed by atoms with Crippen molar-refractivity contribution in [3.8, 4) is 0 Å². The van der Waals surface area contributed by atoms with Gasteiger partial charge in [0.15, 0.2) is 0 Å². The molecule has 5 rings (SSSR count). The van der Waals surface area contributed by atoms with Crippen LogP contribution >= 0.6 is 0 Å². The molecule has 0 amide bonds. The van der Waals surface area contributed by atoms with Crippen molar-refractivity contribution in [2.75, 3.05) is 10.8 Å². The van der Waals surface area contributed by atoms with Gasteiger partial charge in [-0.3, -0.25) is 4.31 Å². The first-order chi connectivity index (χ1) is 19.5. The number of benzene rings is 2. The van der Waals surface area contributed by atoms with Crippen LogP contribution in [0.1, 0.15) is 81.8 Å². The second-order valence-electron chi connectivity index (χ2n) is 11.4. The van der Waals surface area contributed by atoms with E-state index in [1.165, 1.54) is 76.3 Å². The average molecular weight is 593 g/mol. The van der Waals surface area contributed by atoms with Crippen LogP contribution in [0.3, 0.4) is 0 Å². The van der Waals surface area contributed by atoms with E-state index in [-0.39, 0.29) is 16.7 Å². The van der Waals surface area contributed by atoms with Gasteiger partial charge in [0.05, 0.1) is 28.6 Å². The molecule has 2 aromatic rings. The lowest BCUT2D eigenvalue weighted by molar-refractivity contribution is -0.725. The van der Waals surface area contributed by atoms with Crippen molar-refractivity contribution in [2.45, 2.75) is 100 Å². The quantitative estimate of drug-likeness (QED) is 0.509. The molecule has 224 valence electrons. The first kappa shape index (κ1) is 31.1. The lowest BCUT2D eigenvalue weighted by Crippen LogP contribution is -2.95. The van der Waals surface area contributed by atoms with Gasteiger partial charge in [-0.15, -0.1) is 0 Å². The molecule has 1 aliphatic heterocycles. The molecule has 0 unspecified atom stereocenters. The fourth-order valence-electron chi connectivity index (χ4n) is 6.06. The molecule has 2 N–H and O–H groups in total. The molecule has 3 aliphatic rings. The van der Waals surface area contributed by atoms with Crippen molar-refractivity contribution < 1.29 is 36.8 Å². The number of quaternary nitrogens is 1. The van der Waals surface area contributed by atoms with E-state index in [0.717, 1.165) is 34.1 Å². The number of aryl methyl sites for hydroxylation is 1. The topological polar surface area (TPSA) is 94.1 Å². The molecule has 2 aliphatic carbocycles. The van der Waals surface area contributed by atoms with Crippen LogP contribution in [-0.4, -0.2) is 38.9 Å². The summed E-state index contributed by atoms with van der Waals surface area (Å²) < 4.78 is 69.9. The van der Waals surface area contributed by atoms with Gasteiger partial charge in [0.25, 0.3) is 15.9 Å². The van der Waals surface area contributed by atoms with E-state index in [4.69, 9.17) is 0 Å². The van der Waals surface area contributed by atoms with E-state index >= 15 is 0 Å². The lowest BCUT2D eigenvalue weighted by Gasteiger charge is -2.27. The zero-order valence-corrected chi connectivity index (χ0v) is 24.3. The molecule has 1 heterocycles. The number of carboxylic acids is 1. The number of carbonyl (C=O) groups excluding carboxylic acids is 1. The molecule has 0 aromatic heterocycles. The van der Waals surface area contributed by atoms with Gasteiger partial charge in [-0.05, 0) is 94.7 Å². The molecular weight excluding hydrogens is 553 g/mol. The number of rotatable bonds is 5. The van der Waals surface area contributed by atoms with Gasteiger partial charge in [-0.2, -0.15) is 0 Å². The number of carboxylic acid groups (broad SMARTS) is 1. The Morgan fingerprint density at radius 1 is 0.951 bits per heavy atom. The summed E-state index contributed by atoms with van der Waals surface area (Å²) in [6, 6.07) is 10.5. The Labute approximate surface area is 240 Å². The van der Waals surface area contributed by atoms with Gasteiger partial charge in [0.1, 0.15) is 5.82 Å². The Morgan fingerprint density at radius 3 is 2.05 bits per heavy atom. The minimum atomic E-state index is -4.24. The highest BCUT2D eigenvalue weighted by molar-refractivity contribution is 7.92. The number of anilines is 1. The summed E-state index contributed by atoms with van der Waals surface area (Å²) >= 11 is 0. The summed E-state index contributed by atoms with van der Waals surface area (Å²) in [5.74, 6) is -6.49. The second kappa shape index (κ2) is 13.4. The monoisotopic (exact) mass is 592 g/mol. The van der Waals surface area contributed by atoms with Crippen LogP contribution in [-0.2, 0) is 14.8 Å². The van der Waals surface area contributed by atoms with Crippen molar-refractivity contribution in [2.24, 2.45) is 0 Å². The fourth-order valence-corrected chi connectivity index (χ4v) is 7.55. The van der Waals surface area contributed by atoms with Gasteiger partial charge in [0.2, 0.25) is 0 Å². The van der Waals surface area contributed by atoms with Crippen LogP contribution in [0.2, 0.25) is 0 Å². The number of nitrogens with two attached hydrogens (primary N) is 1. The summed E-state index contributed by atoms with van der Waals surface area (Å²) in [5.41, 5.74) is -0.930. The molecule has 41 heavy (non-hydrogen) atoms. The first-order valence-corrected chi connectivity index (χ1v) is 16.0. The van der Waals surface area contributed by atoms with Crippen molar-refractivity contribution in [1.82, 2.24) is 0 Å². The van der Waals surface area contributed by atoms with Gasteiger partial charge in [0, 0.05) is 24.1 Å². The normalized spacial score (nSPS) is 21.0. The number of carbonyl (C=O) groups is 1. The maximum atomic E-state index is 14.6. The van der Waals surface area contributed by atoms with E-state index < -0.39 is 51.8 Å². The number of hydrogen-bond acceptors (Lipinski definition) is 4. The Bertz CT molecular complexity index is 1320. The van der Waals surface area contributed by atoms with E-state index in [0.29, 0.717) is 6.07 Å². The third-order valence-electron chi connectivity index (χ3n) is 8.26. The maximum absolute atomic E-state index is 14.6.